The van der Waals surface area contributed by atoms with Crippen molar-refractivity contribution in [2.75, 3.05) is 16.8 Å². The Kier molecular flexibility index (Phi) is 5.24. The van der Waals surface area contributed by atoms with Crippen LogP contribution in [0.4, 0.5) is 16.3 Å². The summed E-state index contributed by atoms with van der Waals surface area (Å²) < 4.78 is 5.56. The number of anilines is 2. The number of amides is 2. The van der Waals surface area contributed by atoms with Gasteiger partial charge in [0.1, 0.15) is 11.4 Å². The van der Waals surface area contributed by atoms with Crippen molar-refractivity contribution >= 4 is 45.9 Å². The second-order valence-corrected chi connectivity index (χ2v) is 9.99. The summed E-state index contributed by atoms with van der Waals surface area (Å²) in [7, 11) is 0. The van der Waals surface area contributed by atoms with Crippen molar-refractivity contribution in [3.8, 4) is 11.1 Å². The molecule has 2 aromatic heterocycles. The molecule has 170 valence electrons. The number of hydrogen-bond donors (Lipinski definition) is 1. The van der Waals surface area contributed by atoms with Crippen LogP contribution in [0, 0.1) is 5.92 Å². The van der Waals surface area contributed by atoms with Gasteiger partial charge < -0.3 is 10.1 Å². The maximum atomic E-state index is 12.7. The summed E-state index contributed by atoms with van der Waals surface area (Å²) in [5.41, 5.74) is 3.03. The van der Waals surface area contributed by atoms with Crippen molar-refractivity contribution in [3.63, 3.8) is 0 Å². The summed E-state index contributed by atoms with van der Waals surface area (Å²) in [4.78, 5) is 35.2. The van der Waals surface area contributed by atoms with Crippen LogP contribution in [-0.4, -0.2) is 34.1 Å². The molecule has 0 unspecified atom stereocenters. The Morgan fingerprint density at radius 1 is 1.15 bits per heavy atom. The zero-order chi connectivity index (χ0) is 23.3. The second-order valence-electron chi connectivity index (χ2n) is 9.58. The van der Waals surface area contributed by atoms with E-state index in [1.165, 1.54) is 0 Å². The molecule has 0 spiro atoms. The number of fused-ring (bicyclic) bond motifs is 2. The van der Waals surface area contributed by atoms with Crippen molar-refractivity contribution in [2.24, 2.45) is 5.92 Å². The van der Waals surface area contributed by atoms with Crippen LogP contribution in [0.1, 0.15) is 39.2 Å². The fourth-order valence-corrected chi connectivity index (χ4v) is 4.36. The number of aromatic nitrogens is 2. The number of nitrogens with one attached hydrogen (secondary N) is 1. The summed E-state index contributed by atoms with van der Waals surface area (Å²) in [5.74, 6) is 0.625. The van der Waals surface area contributed by atoms with E-state index in [9.17, 15) is 9.59 Å². The van der Waals surface area contributed by atoms with Gasteiger partial charge in [0.05, 0.1) is 16.9 Å². The van der Waals surface area contributed by atoms with Crippen molar-refractivity contribution in [2.45, 2.75) is 45.6 Å². The highest BCUT2D eigenvalue weighted by Crippen LogP contribution is 2.39. The molecule has 2 amide bonds. The van der Waals surface area contributed by atoms with E-state index in [2.05, 4.69) is 15.3 Å². The van der Waals surface area contributed by atoms with Gasteiger partial charge in [-0.15, -0.1) is 0 Å². The zero-order valence-electron chi connectivity index (χ0n) is 18.8. The fourth-order valence-electron chi connectivity index (χ4n) is 4.08. The van der Waals surface area contributed by atoms with Gasteiger partial charge in [-0.05, 0) is 74.7 Å². The van der Waals surface area contributed by atoms with Crippen molar-refractivity contribution in [3.05, 3.63) is 47.4 Å². The fraction of sp³-hybridized carbons (Fsp3) is 0.360. The first-order valence-electron chi connectivity index (χ1n) is 11.1. The third-order valence-electron chi connectivity index (χ3n) is 5.82. The van der Waals surface area contributed by atoms with Gasteiger partial charge in [0, 0.05) is 35.8 Å². The van der Waals surface area contributed by atoms with Gasteiger partial charge in [-0.25, -0.2) is 9.78 Å². The van der Waals surface area contributed by atoms with Crippen molar-refractivity contribution in [1.29, 1.82) is 0 Å². The molecule has 0 saturated heterocycles. The Morgan fingerprint density at radius 3 is 2.67 bits per heavy atom. The van der Waals surface area contributed by atoms with Crippen LogP contribution >= 0.6 is 11.6 Å². The van der Waals surface area contributed by atoms with Crippen LogP contribution in [-0.2, 0) is 16.0 Å². The van der Waals surface area contributed by atoms with Crippen LogP contribution in [0.5, 0.6) is 0 Å². The molecule has 0 atom stereocenters. The lowest BCUT2D eigenvalue weighted by Gasteiger charge is -2.24. The molecule has 8 heteroatoms. The maximum absolute atomic E-state index is 12.7. The van der Waals surface area contributed by atoms with Crippen LogP contribution in [0.25, 0.3) is 21.9 Å². The van der Waals surface area contributed by atoms with Gasteiger partial charge in [-0.1, -0.05) is 11.6 Å². The van der Waals surface area contributed by atoms with Gasteiger partial charge in [0.15, 0.2) is 0 Å². The summed E-state index contributed by atoms with van der Waals surface area (Å²) in [6.07, 6.45) is 7.37. The normalized spacial score (nSPS) is 15.5. The number of ether oxygens (including phenoxy) is 1. The predicted octanol–water partition coefficient (Wildman–Crippen LogP) is 5.60. The molecule has 1 N–H and O–H groups in total. The lowest BCUT2D eigenvalue weighted by Crippen LogP contribution is -2.35. The highest BCUT2D eigenvalue weighted by atomic mass is 35.5. The molecule has 1 saturated carbocycles. The number of carbonyl (C=O) groups excluding carboxylic acids is 2. The van der Waals surface area contributed by atoms with E-state index in [4.69, 9.17) is 16.3 Å². The minimum absolute atomic E-state index is 0.0106. The number of halogens is 1. The summed E-state index contributed by atoms with van der Waals surface area (Å²) in [5, 5.41) is 5.13. The van der Waals surface area contributed by atoms with Crippen LogP contribution < -0.4 is 10.2 Å². The van der Waals surface area contributed by atoms with Gasteiger partial charge in [0.2, 0.25) is 5.91 Å². The van der Waals surface area contributed by atoms with E-state index >= 15 is 0 Å². The number of hydrogen-bond acceptors (Lipinski definition) is 5. The average Bonchev–Trinajstić information content (AvgIpc) is 3.50. The lowest BCUT2D eigenvalue weighted by atomic mass is 9.98. The summed E-state index contributed by atoms with van der Waals surface area (Å²) in [6, 6.07) is 5.75. The molecular weight excluding hydrogens is 440 g/mol. The van der Waals surface area contributed by atoms with E-state index in [0.717, 1.165) is 46.0 Å². The van der Waals surface area contributed by atoms with Gasteiger partial charge in [-0.2, -0.15) is 0 Å². The molecule has 0 radical (unpaired) electrons. The zero-order valence-corrected chi connectivity index (χ0v) is 19.6. The van der Waals surface area contributed by atoms with E-state index < -0.39 is 5.60 Å². The number of nitrogens with zero attached hydrogens (tertiary/aromatic N) is 3. The standard InChI is InChI=1S/C25H25ClN4O3/c1-25(2,3)33-24(32)30-7-6-17-18(11-27-13-21(17)30)15-8-16-10-22(29-23(31)14-4-5-14)28-12-19(16)20(26)9-15/h8-14H,4-7H2,1-3H3,(H,28,29,31). The first-order valence-corrected chi connectivity index (χ1v) is 11.5. The molecule has 3 heterocycles. The van der Waals surface area contributed by atoms with E-state index in [1.54, 1.807) is 23.5 Å². The SMILES string of the molecule is CC(C)(C)OC(=O)N1CCc2c(-c3cc(Cl)c4cnc(NC(=O)C5CC5)cc4c3)cncc21. The third kappa shape index (κ3) is 4.37. The Balaban J connectivity index is 1.50. The first kappa shape index (κ1) is 21.6. The quantitative estimate of drug-likeness (QED) is 0.545. The number of carbonyl (C=O) groups is 2. The predicted molar refractivity (Wildman–Crippen MR) is 129 cm³/mol. The Bertz CT molecular complexity index is 1280. The van der Waals surface area contributed by atoms with Crippen molar-refractivity contribution < 1.29 is 14.3 Å². The third-order valence-corrected chi connectivity index (χ3v) is 6.13. The van der Waals surface area contributed by atoms with Crippen LogP contribution in [0.2, 0.25) is 5.02 Å². The highest BCUT2D eigenvalue weighted by molar-refractivity contribution is 6.36. The van der Waals surface area contributed by atoms with Crippen LogP contribution in [0.15, 0.2) is 36.8 Å². The minimum Gasteiger partial charge on any atom is -0.443 e. The van der Waals surface area contributed by atoms with E-state index in [-0.39, 0.29) is 17.9 Å². The van der Waals surface area contributed by atoms with Crippen molar-refractivity contribution in [1.82, 2.24) is 9.97 Å². The summed E-state index contributed by atoms with van der Waals surface area (Å²) in [6.45, 7) is 6.09. The number of pyridine rings is 2. The van der Waals surface area contributed by atoms with Gasteiger partial charge in [0.25, 0.3) is 0 Å². The molecule has 7 nitrogen and oxygen atoms in total. The monoisotopic (exact) mass is 464 g/mol. The molecule has 1 aliphatic heterocycles. The van der Waals surface area contributed by atoms with Gasteiger partial charge in [-0.3, -0.25) is 14.7 Å². The first-order chi connectivity index (χ1) is 15.7. The van der Waals surface area contributed by atoms with Crippen LogP contribution in [0.3, 0.4) is 0 Å². The number of rotatable bonds is 3. The second kappa shape index (κ2) is 7.99. The number of benzene rings is 1. The molecule has 1 fully saturated rings. The van der Waals surface area contributed by atoms with Gasteiger partial charge >= 0.3 is 6.09 Å². The molecule has 1 aromatic carbocycles. The molecule has 5 rings (SSSR count). The summed E-state index contributed by atoms with van der Waals surface area (Å²) >= 11 is 6.60. The largest absolute Gasteiger partial charge is 0.443 e. The smallest absolute Gasteiger partial charge is 0.414 e. The molecule has 2 aliphatic rings. The minimum atomic E-state index is -0.572. The lowest BCUT2D eigenvalue weighted by molar-refractivity contribution is -0.117. The molecular formula is C25H25ClN4O3. The van der Waals surface area contributed by atoms with E-state index in [0.29, 0.717) is 23.8 Å². The average molecular weight is 465 g/mol. The molecule has 1 aliphatic carbocycles. The molecule has 0 bridgehead atoms. The molecule has 3 aromatic rings. The highest BCUT2D eigenvalue weighted by Gasteiger charge is 2.31. The molecule has 33 heavy (non-hydrogen) atoms. The maximum Gasteiger partial charge on any atom is 0.414 e. The Labute approximate surface area is 197 Å². The Hall–Kier alpha value is -3.19. The topological polar surface area (TPSA) is 84.4 Å². The van der Waals surface area contributed by atoms with E-state index in [1.807, 2.05) is 39.0 Å². The Morgan fingerprint density at radius 2 is 1.94 bits per heavy atom.